The van der Waals surface area contributed by atoms with Crippen molar-refractivity contribution in [2.24, 2.45) is 0 Å². The molecule has 0 spiro atoms. The first kappa shape index (κ1) is 16.0. The van der Waals surface area contributed by atoms with E-state index >= 15 is 0 Å². The average Bonchev–Trinajstić information content (AvgIpc) is 3.21. The summed E-state index contributed by atoms with van der Waals surface area (Å²) in [5.41, 5.74) is 1.67. The summed E-state index contributed by atoms with van der Waals surface area (Å²) in [7, 11) is 0. The Hall–Kier alpha value is -3.47. The monoisotopic (exact) mass is 342 g/mol. The Morgan fingerprint density at radius 1 is 0.962 bits per heavy atom. The predicted molar refractivity (Wildman–Crippen MR) is 101 cm³/mol. The fourth-order valence-electron chi connectivity index (χ4n) is 3.01. The van der Waals surface area contributed by atoms with Crippen LogP contribution in [-0.4, -0.2) is 20.7 Å². The van der Waals surface area contributed by atoms with Crippen LogP contribution in [0.15, 0.2) is 85.5 Å². The smallest absolute Gasteiger partial charge is 0.251 e. The Morgan fingerprint density at radius 2 is 1.73 bits per heavy atom. The normalized spacial score (nSPS) is 12.0. The maximum atomic E-state index is 12.8. The molecule has 0 radical (unpaired) electrons. The van der Waals surface area contributed by atoms with E-state index in [0.29, 0.717) is 12.1 Å². The maximum absolute atomic E-state index is 12.8. The fourth-order valence-corrected chi connectivity index (χ4v) is 3.01. The molecule has 1 amide bonds. The number of aromatic nitrogens is 3. The summed E-state index contributed by atoms with van der Waals surface area (Å²) in [6, 6.07) is 23.5. The molecular weight excluding hydrogens is 324 g/mol. The molecule has 0 aliphatic rings. The summed E-state index contributed by atoms with van der Waals surface area (Å²) in [4.78, 5) is 16.8. The van der Waals surface area contributed by atoms with Gasteiger partial charge < -0.3 is 5.32 Å². The maximum Gasteiger partial charge on any atom is 0.251 e. The highest BCUT2D eigenvalue weighted by Crippen LogP contribution is 2.18. The molecule has 4 aromatic rings. The highest BCUT2D eigenvalue weighted by atomic mass is 16.1. The number of hydrogen-bond donors (Lipinski definition) is 1. The Kier molecular flexibility index (Phi) is 4.43. The van der Waals surface area contributed by atoms with E-state index < -0.39 is 0 Å². The van der Waals surface area contributed by atoms with Crippen LogP contribution in [-0.2, 0) is 6.54 Å². The van der Waals surface area contributed by atoms with E-state index in [4.69, 9.17) is 0 Å². The number of benzene rings is 3. The van der Waals surface area contributed by atoms with Gasteiger partial charge in [0, 0.05) is 5.56 Å². The third-order valence-corrected chi connectivity index (χ3v) is 4.36. The topological polar surface area (TPSA) is 59.8 Å². The zero-order chi connectivity index (χ0) is 17.8. The molecule has 0 saturated carbocycles. The molecule has 0 aliphatic carbocycles. The molecule has 0 aliphatic heterocycles. The first-order valence-electron chi connectivity index (χ1n) is 8.46. The van der Waals surface area contributed by atoms with E-state index in [2.05, 4.69) is 15.4 Å². The SMILES string of the molecule is O=C(NC(Cn1cncn1)c1ccccc1)c1ccc2ccccc2c1. The molecule has 0 bridgehead atoms. The number of carbonyl (C=O) groups is 1. The Labute approximate surface area is 151 Å². The van der Waals surface area contributed by atoms with E-state index in [9.17, 15) is 4.79 Å². The van der Waals surface area contributed by atoms with Crippen LogP contribution in [0.1, 0.15) is 22.0 Å². The van der Waals surface area contributed by atoms with Crippen molar-refractivity contribution in [2.45, 2.75) is 12.6 Å². The molecule has 26 heavy (non-hydrogen) atoms. The van der Waals surface area contributed by atoms with Gasteiger partial charge in [-0.1, -0.05) is 60.7 Å². The zero-order valence-corrected chi connectivity index (χ0v) is 14.1. The summed E-state index contributed by atoms with van der Waals surface area (Å²) in [5.74, 6) is -0.107. The van der Waals surface area contributed by atoms with Crippen LogP contribution >= 0.6 is 0 Å². The molecule has 1 atom stereocenters. The summed E-state index contributed by atoms with van der Waals surface area (Å²) in [5, 5.41) is 9.45. The molecule has 1 heterocycles. The van der Waals surface area contributed by atoms with Crippen molar-refractivity contribution in [1.82, 2.24) is 20.1 Å². The molecule has 5 nitrogen and oxygen atoms in total. The van der Waals surface area contributed by atoms with Crippen LogP contribution < -0.4 is 5.32 Å². The first-order chi connectivity index (χ1) is 12.8. The molecule has 4 rings (SSSR count). The molecule has 0 fully saturated rings. The molecule has 3 aromatic carbocycles. The van der Waals surface area contributed by atoms with Gasteiger partial charge in [0.25, 0.3) is 5.91 Å². The number of amides is 1. The van der Waals surface area contributed by atoms with Crippen molar-refractivity contribution >= 4 is 16.7 Å². The number of nitrogens with zero attached hydrogens (tertiary/aromatic N) is 3. The second kappa shape index (κ2) is 7.19. The quantitative estimate of drug-likeness (QED) is 0.603. The van der Waals surface area contributed by atoms with Crippen molar-refractivity contribution < 1.29 is 4.79 Å². The fraction of sp³-hybridized carbons (Fsp3) is 0.0952. The number of nitrogens with one attached hydrogen (secondary N) is 1. The zero-order valence-electron chi connectivity index (χ0n) is 14.1. The van der Waals surface area contributed by atoms with E-state index in [1.165, 1.54) is 6.33 Å². The number of carbonyl (C=O) groups excluding carboxylic acids is 1. The van der Waals surface area contributed by atoms with Crippen molar-refractivity contribution in [3.63, 3.8) is 0 Å². The lowest BCUT2D eigenvalue weighted by atomic mass is 10.0. The van der Waals surface area contributed by atoms with Crippen molar-refractivity contribution in [2.75, 3.05) is 0 Å². The number of fused-ring (bicyclic) bond motifs is 1. The van der Waals surface area contributed by atoms with Gasteiger partial charge in [-0.2, -0.15) is 5.10 Å². The molecule has 1 unspecified atom stereocenters. The van der Waals surface area contributed by atoms with Crippen LogP contribution in [0.5, 0.6) is 0 Å². The lowest BCUT2D eigenvalue weighted by Crippen LogP contribution is -2.31. The van der Waals surface area contributed by atoms with Gasteiger partial charge in [0.05, 0.1) is 12.6 Å². The summed E-state index contributed by atoms with van der Waals surface area (Å²) in [6.07, 6.45) is 3.14. The van der Waals surface area contributed by atoms with Gasteiger partial charge in [-0.3, -0.25) is 9.48 Å². The lowest BCUT2D eigenvalue weighted by Gasteiger charge is -2.19. The van der Waals surface area contributed by atoms with Gasteiger partial charge in [-0.15, -0.1) is 0 Å². The predicted octanol–water partition coefficient (Wildman–Crippen LogP) is 3.60. The van der Waals surface area contributed by atoms with E-state index in [0.717, 1.165) is 16.3 Å². The Balaban J connectivity index is 1.60. The average molecular weight is 342 g/mol. The highest BCUT2D eigenvalue weighted by molar-refractivity contribution is 5.98. The van der Waals surface area contributed by atoms with E-state index in [1.807, 2.05) is 72.8 Å². The Morgan fingerprint density at radius 3 is 2.50 bits per heavy atom. The van der Waals surface area contributed by atoms with Crippen LogP contribution in [0.2, 0.25) is 0 Å². The van der Waals surface area contributed by atoms with Gasteiger partial charge in [0.2, 0.25) is 0 Å². The molecule has 5 heteroatoms. The number of hydrogen-bond acceptors (Lipinski definition) is 3. The van der Waals surface area contributed by atoms with Gasteiger partial charge in [-0.05, 0) is 28.5 Å². The molecular formula is C21H18N4O. The molecule has 1 aromatic heterocycles. The van der Waals surface area contributed by atoms with E-state index in [-0.39, 0.29) is 11.9 Å². The highest BCUT2D eigenvalue weighted by Gasteiger charge is 2.17. The molecule has 1 N–H and O–H groups in total. The van der Waals surface area contributed by atoms with Crippen LogP contribution in [0.3, 0.4) is 0 Å². The first-order valence-corrected chi connectivity index (χ1v) is 8.46. The van der Waals surface area contributed by atoms with Gasteiger partial charge in [0.1, 0.15) is 12.7 Å². The van der Waals surface area contributed by atoms with Crippen LogP contribution in [0.4, 0.5) is 0 Å². The summed E-state index contributed by atoms with van der Waals surface area (Å²) < 4.78 is 1.72. The van der Waals surface area contributed by atoms with E-state index in [1.54, 1.807) is 11.0 Å². The third kappa shape index (κ3) is 3.47. The second-order valence-electron chi connectivity index (χ2n) is 6.12. The van der Waals surface area contributed by atoms with Crippen molar-refractivity contribution in [3.8, 4) is 0 Å². The van der Waals surface area contributed by atoms with Gasteiger partial charge in [0.15, 0.2) is 0 Å². The van der Waals surface area contributed by atoms with Crippen molar-refractivity contribution in [3.05, 3.63) is 96.6 Å². The van der Waals surface area contributed by atoms with Crippen LogP contribution in [0, 0.1) is 0 Å². The third-order valence-electron chi connectivity index (χ3n) is 4.36. The van der Waals surface area contributed by atoms with Crippen LogP contribution in [0.25, 0.3) is 10.8 Å². The summed E-state index contributed by atoms with van der Waals surface area (Å²) >= 11 is 0. The van der Waals surface area contributed by atoms with Gasteiger partial charge in [-0.25, -0.2) is 4.98 Å². The summed E-state index contributed by atoms with van der Waals surface area (Å²) in [6.45, 7) is 0.517. The lowest BCUT2D eigenvalue weighted by molar-refractivity contribution is 0.0932. The molecule has 128 valence electrons. The minimum Gasteiger partial charge on any atom is -0.343 e. The minimum absolute atomic E-state index is 0.107. The second-order valence-corrected chi connectivity index (χ2v) is 6.12. The number of rotatable bonds is 5. The minimum atomic E-state index is -0.197. The van der Waals surface area contributed by atoms with Gasteiger partial charge >= 0.3 is 0 Å². The van der Waals surface area contributed by atoms with Crippen molar-refractivity contribution in [1.29, 1.82) is 0 Å². The Bertz CT molecular complexity index is 1010. The standard InChI is InChI=1S/C21H18N4O/c26-21(19-11-10-16-6-4-5-9-18(16)12-19)24-20(13-25-15-22-14-23-25)17-7-2-1-3-8-17/h1-12,14-15,20H,13H2,(H,24,26). The molecule has 0 saturated heterocycles. The largest absolute Gasteiger partial charge is 0.343 e.